The van der Waals surface area contributed by atoms with Crippen LogP contribution >= 0.6 is 11.6 Å². The largest absolute Gasteiger partial charge is 0.388 e. The van der Waals surface area contributed by atoms with E-state index < -0.39 is 0 Å². The molecule has 0 bridgehead atoms. The van der Waals surface area contributed by atoms with E-state index in [-0.39, 0.29) is 0 Å². The number of hydrogen-bond acceptors (Lipinski definition) is 3. The first-order chi connectivity index (χ1) is 9.61. The Morgan fingerprint density at radius 2 is 2.00 bits per heavy atom. The van der Waals surface area contributed by atoms with Gasteiger partial charge in [0.05, 0.1) is 5.71 Å². The maximum absolute atomic E-state index is 6.11. The van der Waals surface area contributed by atoms with Crippen molar-refractivity contribution in [1.82, 2.24) is 5.01 Å². The second-order valence-electron chi connectivity index (χ2n) is 5.49. The Kier molecular flexibility index (Phi) is 5.30. The van der Waals surface area contributed by atoms with Crippen molar-refractivity contribution < 1.29 is 0 Å². The molecule has 0 saturated heterocycles. The van der Waals surface area contributed by atoms with Gasteiger partial charge in [0.15, 0.2) is 0 Å². The predicted molar refractivity (Wildman–Crippen MR) is 87.8 cm³/mol. The van der Waals surface area contributed by atoms with Gasteiger partial charge in [-0.25, -0.2) is 0 Å². The van der Waals surface area contributed by atoms with Crippen LogP contribution < -0.4 is 5.32 Å². The fourth-order valence-electron chi connectivity index (χ4n) is 2.86. The molecule has 1 aliphatic rings. The van der Waals surface area contributed by atoms with Crippen LogP contribution in [0, 0.1) is 0 Å². The quantitative estimate of drug-likeness (QED) is 0.659. The standard InChI is InChI=1S/C16H24ClN3/c1-12(15-11-13(17)9-10-16(15)18-2)19-20(3)14-7-5-4-6-8-14/h9-11,14,18H,4-8H2,1-3H3/b19-12-. The third kappa shape index (κ3) is 3.66. The van der Waals surface area contributed by atoms with E-state index in [0.29, 0.717) is 6.04 Å². The summed E-state index contributed by atoms with van der Waals surface area (Å²) < 4.78 is 0. The molecule has 1 N–H and O–H groups in total. The Bertz CT molecular complexity index is 479. The topological polar surface area (TPSA) is 27.6 Å². The Morgan fingerprint density at radius 3 is 2.65 bits per heavy atom. The number of hydrazone groups is 1. The van der Waals surface area contributed by atoms with Crippen LogP contribution in [0.4, 0.5) is 5.69 Å². The van der Waals surface area contributed by atoms with Crippen molar-refractivity contribution in [3.63, 3.8) is 0 Å². The zero-order chi connectivity index (χ0) is 14.5. The van der Waals surface area contributed by atoms with Gasteiger partial charge in [-0.05, 0) is 38.0 Å². The SMILES string of the molecule is CNc1ccc(Cl)cc1/C(C)=N\N(C)C1CCCCC1. The van der Waals surface area contributed by atoms with Gasteiger partial charge in [-0.2, -0.15) is 5.10 Å². The van der Waals surface area contributed by atoms with Crippen molar-refractivity contribution in [3.8, 4) is 0 Å². The van der Waals surface area contributed by atoms with Gasteiger partial charge in [0.25, 0.3) is 0 Å². The molecule has 0 aromatic heterocycles. The van der Waals surface area contributed by atoms with Crippen molar-refractivity contribution >= 4 is 23.0 Å². The summed E-state index contributed by atoms with van der Waals surface area (Å²) in [5, 5.41) is 10.8. The van der Waals surface area contributed by atoms with Gasteiger partial charge >= 0.3 is 0 Å². The minimum atomic E-state index is 0.580. The summed E-state index contributed by atoms with van der Waals surface area (Å²) in [6, 6.07) is 6.45. The van der Waals surface area contributed by atoms with Crippen molar-refractivity contribution in [2.24, 2.45) is 5.10 Å². The molecule has 20 heavy (non-hydrogen) atoms. The molecule has 1 aromatic carbocycles. The first-order valence-corrected chi connectivity index (χ1v) is 7.75. The molecule has 1 aliphatic carbocycles. The summed E-state index contributed by atoms with van der Waals surface area (Å²) in [5.41, 5.74) is 3.14. The van der Waals surface area contributed by atoms with E-state index in [1.165, 1.54) is 32.1 Å². The van der Waals surface area contributed by atoms with Gasteiger partial charge in [0.2, 0.25) is 0 Å². The number of hydrogen-bond donors (Lipinski definition) is 1. The summed E-state index contributed by atoms with van der Waals surface area (Å²) in [4.78, 5) is 0. The highest BCUT2D eigenvalue weighted by Gasteiger charge is 2.17. The lowest BCUT2D eigenvalue weighted by molar-refractivity contribution is 0.199. The molecule has 0 aliphatic heterocycles. The molecule has 0 spiro atoms. The molecule has 3 nitrogen and oxygen atoms in total. The van der Waals surface area contributed by atoms with Gasteiger partial charge in [0.1, 0.15) is 0 Å². The zero-order valence-corrected chi connectivity index (χ0v) is 13.4. The Hall–Kier alpha value is -1.22. The molecule has 4 heteroatoms. The predicted octanol–water partition coefficient (Wildman–Crippen LogP) is 4.37. The summed E-state index contributed by atoms with van der Waals surface area (Å²) in [6.45, 7) is 2.05. The monoisotopic (exact) mass is 293 g/mol. The second-order valence-corrected chi connectivity index (χ2v) is 5.93. The van der Waals surface area contributed by atoms with Crippen molar-refractivity contribution in [3.05, 3.63) is 28.8 Å². The van der Waals surface area contributed by atoms with Gasteiger partial charge in [-0.1, -0.05) is 30.9 Å². The molecule has 1 saturated carbocycles. The molecule has 0 atom stereocenters. The highest BCUT2D eigenvalue weighted by atomic mass is 35.5. The summed E-state index contributed by atoms with van der Waals surface area (Å²) >= 11 is 6.11. The van der Waals surface area contributed by atoms with Crippen LogP contribution in [-0.2, 0) is 0 Å². The number of benzene rings is 1. The number of nitrogens with zero attached hydrogens (tertiary/aromatic N) is 2. The fraction of sp³-hybridized carbons (Fsp3) is 0.562. The maximum atomic E-state index is 6.11. The molecule has 0 heterocycles. The maximum Gasteiger partial charge on any atom is 0.0667 e. The van der Waals surface area contributed by atoms with Crippen molar-refractivity contribution in [2.75, 3.05) is 19.4 Å². The first kappa shape index (κ1) is 15.2. The van der Waals surface area contributed by atoms with Crippen LogP contribution in [0.25, 0.3) is 0 Å². The number of nitrogens with one attached hydrogen (secondary N) is 1. The lowest BCUT2D eigenvalue weighted by Gasteiger charge is -2.29. The zero-order valence-electron chi connectivity index (χ0n) is 12.6. The highest BCUT2D eigenvalue weighted by molar-refractivity contribution is 6.31. The second kappa shape index (κ2) is 6.98. The van der Waals surface area contributed by atoms with Gasteiger partial charge in [0, 0.05) is 36.4 Å². The number of halogens is 1. The lowest BCUT2D eigenvalue weighted by atomic mass is 9.95. The van der Waals surface area contributed by atoms with Crippen LogP contribution in [0.5, 0.6) is 0 Å². The molecule has 1 aromatic rings. The Morgan fingerprint density at radius 1 is 1.30 bits per heavy atom. The van der Waals surface area contributed by atoms with Crippen LogP contribution in [-0.4, -0.2) is 30.9 Å². The molecule has 0 amide bonds. The lowest BCUT2D eigenvalue weighted by Crippen LogP contribution is -2.30. The number of anilines is 1. The summed E-state index contributed by atoms with van der Waals surface area (Å²) in [7, 11) is 4.01. The third-order valence-electron chi connectivity index (χ3n) is 4.05. The molecule has 0 radical (unpaired) electrons. The van der Waals surface area contributed by atoms with Crippen LogP contribution in [0.1, 0.15) is 44.6 Å². The highest BCUT2D eigenvalue weighted by Crippen LogP contribution is 2.24. The van der Waals surface area contributed by atoms with Crippen molar-refractivity contribution in [2.45, 2.75) is 45.1 Å². The van der Waals surface area contributed by atoms with Crippen LogP contribution in [0.3, 0.4) is 0 Å². The van der Waals surface area contributed by atoms with Gasteiger partial charge < -0.3 is 5.32 Å². The minimum absolute atomic E-state index is 0.580. The van der Waals surface area contributed by atoms with Crippen LogP contribution in [0.2, 0.25) is 5.02 Å². The fourth-order valence-corrected chi connectivity index (χ4v) is 3.03. The summed E-state index contributed by atoms with van der Waals surface area (Å²) in [6.07, 6.45) is 6.51. The Labute approximate surface area is 127 Å². The van der Waals surface area contributed by atoms with Gasteiger partial charge in [-0.3, -0.25) is 5.01 Å². The van der Waals surface area contributed by atoms with Crippen LogP contribution in [0.15, 0.2) is 23.3 Å². The summed E-state index contributed by atoms with van der Waals surface area (Å²) in [5.74, 6) is 0. The van der Waals surface area contributed by atoms with E-state index in [1.54, 1.807) is 0 Å². The average molecular weight is 294 g/mol. The van der Waals surface area contributed by atoms with E-state index in [2.05, 4.69) is 17.4 Å². The minimum Gasteiger partial charge on any atom is -0.388 e. The van der Waals surface area contributed by atoms with Gasteiger partial charge in [-0.15, -0.1) is 0 Å². The molecule has 110 valence electrons. The van der Waals surface area contributed by atoms with Crippen molar-refractivity contribution in [1.29, 1.82) is 0 Å². The molecular weight excluding hydrogens is 270 g/mol. The molecule has 1 fully saturated rings. The van der Waals surface area contributed by atoms with E-state index in [9.17, 15) is 0 Å². The number of rotatable bonds is 4. The van der Waals surface area contributed by atoms with E-state index in [0.717, 1.165) is 22.0 Å². The first-order valence-electron chi connectivity index (χ1n) is 7.37. The Balaban J connectivity index is 2.18. The third-order valence-corrected chi connectivity index (χ3v) is 4.29. The normalized spacial score (nSPS) is 17.1. The van der Waals surface area contributed by atoms with E-state index in [4.69, 9.17) is 16.7 Å². The smallest absolute Gasteiger partial charge is 0.0667 e. The van der Waals surface area contributed by atoms with E-state index >= 15 is 0 Å². The van der Waals surface area contributed by atoms with E-state index in [1.807, 2.05) is 32.2 Å². The average Bonchev–Trinajstić information content (AvgIpc) is 2.48. The molecule has 2 rings (SSSR count). The molecular formula is C16H24ClN3. The molecule has 0 unspecified atom stereocenters.